The Balaban J connectivity index is 2.14. The summed E-state index contributed by atoms with van der Waals surface area (Å²) in [5, 5.41) is 3.84. The third-order valence-corrected chi connectivity index (χ3v) is 2.84. The standard InChI is InChI=1S/C14H11F6N5O2/c15-9(16)11(19)25-14-22-4-1-6(24-14)13(26)23-7-5-21-3-2-8(7)27-12(20)10(17)18/h1-5,9-12H,(H,23,26)(H,22,24,25). The maximum atomic E-state index is 13.1. The zero-order chi connectivity index (χ0) is 20.0. The third-order valence-electron chi connectivity index (χ3n) is 2.84. The van der Waals surface area contributed by atoms with Crippen LogP contribution >= 0.6 is 0 Å². The highest BCUT2D eigenvalue weighted by Gasteiger charge is 2.23. The van der Waals surface area contributed by atoms with Crippen molar-refractivity contribution in [1.82, 2.24) is 15.0 Å². The van der Waals surface area contributed by atoms with Gasteiger partial charge < -0.3 is 15.4 Å². The normalized spacial score (nSPS) is 13.3. The molecular formula is C14H11F6N5O2. The van der Waals surface area contributed by atoms with Gasteiger partial charge >= 0.3 is 6.43 Å². The van der Waals surface area contributed by atoms with Crippen LogP contribution < -0.4 is 15.4 Å². The zero-order valence-corrected chi connectivity index (χ0v) is 13.1. The molecule has 0 saturated heterocycles. The number of hydrogen-bond donors (Lipinski definition) is 2. The van der Waals surface area contributed by atoms with Crippen molar-refractivity contribution in [2.45, 2.75) is 25.5 Å². The van der Waals surface area contributed by atoms with Crippen LogP contribution in [0.15, 0.2) is 30.7 Å². The first-order chi connectivity index (χ1) is 12.8. The molecule has 0 spiro atoms. The molecule has 146 valence electrons. The molecule has 13 heteroatoms. The predicted octanol–water partition coefficient (Wildman–Crippen LogP) is 3.04. The Labute approximate surface area is 147 Å². The second-order valence-electron chi connectivity index (χ2n) is 4.78. The lowest BCUT2D eigenvalue weighted by atomic mass is 10.3. The summed E-state index contributed by atoms with van der Waals surface area (Å²) >= 11 is 0. The van der Waals surface area contributed by atoms with Gasteiger partial charge in [-0.15, -0.1) is 0 Å². The molecule has 2 unspecified atom stereocenters. The molecule has 27 heavy (non-hydrogen) atoms. The highest BCUT2D eigenvalue weighted by Crippen LogP contribution is 2.26. The Morgan fingerprint density at radius 1 is 1.04 bits per heavy atom. The van der Waals surface area contributed by atoms with Crippen LogP contribution in [0.5, 0.6) is 5.75 Å². The Morgan fingerprint density at radius 2 is 1.78 bits per heavy atom. The summed E-state index contributed by atoms with van der Waals surface area (Å²) in [4.78, 5) is 22.8. The lowest BCUT2D eigenvalue weighted by Gasteiger charge is -2.14. The van der Waals surface area contributed by atoms with Crippen LogP contribution in [-0.4, -0.2) is 46.4 Å². The summed E-state index contributed by atoms with van der Waals surface area (Å²) in [6.07, 6.45) is -9.34. The Bertz CT molecular complexity index is 781. The van der Waals surface area contributed by atoms with Crippen molar-refractivity contribution in [3.63, 3.8) is 0 Å². The Morgan fingerprint density at radius 3 is 2.44 bits per heavy atom. The maximum Gasteiger partial charge on any atom is 0.304 e. The molecule has 2 atom stereocenters. The number of carbonyl (C=O) groups is 1. The van der Waals surface area contributed by atoms with Crippen molar-refractivity contribution in [3.05, 3.63) is 36.4 Å². The SMILES string of the molecule is O=C(Nc1cnccc1OC(F)C(F)F)c1ccnc(NC(F)C(F)F)n1. The summed E-state index contributed by atoms with van der Waals surface area (Å²) in [5.41, 5.74) is -0.635. The van der Waals surface area contributed by atoms with Gasteiger partial charge in [0.15, 0.2) is 0 Å². The number of aromatic nitrogens is 3. The number of pyridine rings is 1. The van der Waals surface area contributed by atoms with E-state index in [0.717, 1.165) is 30.7 Å². The van der Waals surface area contributed by atoms with E-state index in [4.69, 9.17) is 0 Å². The van der Waals surface area contributed by atoms with Crippen LogP contribution in [0, 0.1) is 0 Å². The van der Waals surface area contributed by atoms with E-state index >= 15 is 0 Å². The minimum atomic E-state index is -3.42. The van der Waals surface area contributed by atoms with E-state index in [1.165, 1.54) is 0 Å². The van der Waals surface area contributed by atoms with Crippen molar-refractivity contribution in [3.8, 4) is 5.75 Å². The summed E-state index contributed by atoms with van der Waals surface area (Å²) in [6, 6.07) is 2.11. The fourth-order valence-corrected chi connectivity index (χ4v) is 1.68. The van der Waals surface area contributed by atoms with Crippen LogP contribution in [0.3, 0.4) is 0 Å². The van der Waals surface area contributed by atoms with Gasteiger partial charge in [0.25, 0.3) is 18.7 Å². The van der Waals surface area contributed by atoms with Gasteiger partial charge in [-0.2, -0.15) is 4.39 Å². The van der Waals surface area contributed by atoms with Gasteiger partial charge in [-0.25, -0.2) is 31.9 Å². The third kappa shape index (κ3) is 5.69. The highest BCUT2D eigenvalue weighted by atomic mass is 19.3. The number of halogens is 6. The number of nitrogens with one attached hydrogen (secondary N) is 2. The number of hydrogen-bond acceptors (Lipinski definition) is 6. The summed E-state index contributed by atoms with van der Waals surface area (Å²) < 4.78 is 79.3. The topological polar surface area (TPSA) is 89.0 Å². The molecule has 0 aliphatic rings. The lowest BCUT2D eigenvalue weighted by Crippen LogP contribution is -2.24. The first-order valence-electron chi connectivity index (χ1n) is 7.14. The second-order valence-corrected chi connectivity index (χ2v) is 4.78. The average Bonchev–Trinajstić information content (AvgIpc) is 2.63. The Hall–Kier alpha value is -3.12. The predicted molar refractivity (Wildman–Crippen MR) is 80.3 cm³/mol. The van der Waals surface area contributed by atoms with E-state index in [1.54, 1.807) is 5.32 Å². The smallest absolute Gasteiger partial charge is 0.304 e. The minimum absolute atomic E-state index is 0.255. The van der Waals surface area contributed by atoms with Crippen molar-refractivity contribution in [2.24, 2.45) is 0 Å². The number of alkyl halides is 6. The van der Waals surface area contributed by atoms with Crippen LogP contribution in [0.1, 0.15) is 10.5 Å². The fraction of sp³-hybridized carbons (Fsp3) is 0.286. The fourth-order valence-electron chi connectivity index (χ4n) is 1.68. The summed E-state index contributed by atoms with van der Waals surface area (Å²) in [6.45, 7) is 0. The molecule has 0 aliphatic heterocycles. The first-order valence-corrected chi connectivity index (χ1v) is 7.14. The molecule has 0 radical (unpaired) electrons. The van der Waals surface area contributed by atoms with Crippen molar-refractivity contribution < 1.29 is 35.9 Å². The van der Waals surface area contributed by atoms with Gasteiger partial charge in [0.05, 0.1) is 6.20 Å². The second kappa shape index (κ2) is 9.00. The van der Waals surface area contributed by atoms with Crippen LogP contribution in [-0.2, 0) is 0 Å². The van der Waals surface area contributed by atoms with Crippen molar-refractivity contribution in [1.29, 1.82) is 0 Å². The van der Waals surface area contributed by atoms with E-state index in [9.17, 15) is 31.1 Å². The Kier molecular flexibility index (Phi) is 6.73. The van der Waals surface area contributed by atoms with Crippen molar-refractivity contribution >= 4 is 17.5 Å². The summed E-state index contributed by atoms with van der Waals surface area (Å²) in [5.74, 6) is -1.97. The molecule has 2 heterocycles. The van der Waals surface area contributed by atoms with Gasteiger partial charge in [-0.05, 0) is 6.07 Å². The van der Waals surface area contributed by atoms with E-state index in [2.05, 4.69) is 25.0 Å². The molecule has 2 aromatic rings. The van der Waals surface area contributed by atoms with Crippen molar-refractivity contribution in [2.75, 3.05) is 10.6 Å². The number of carbonyl (C=O) groups excluding carboxylic acids is 1. The quantitative estimate of drug-likeness (QED) is 0.528. The zero-order valence-electron chi connectivity index (χ0n) is 13.1. The van der Waals surface area contributed by atoms with Gasteiger partial charge in [0.2, 0.25) is 12.2 Å². The monoisotopic (exact) mass is 395 g/mol. The number of rotatable bonds is 8. The molecule has 0 bridgehead atoms. The molecule has 0 aromatic carbocycles. The maximum absolute atomic E-state index is 13.1. The molecule has 7 nitrogen and oxygen atoms in total. The van der Waals surface area contributed by atoms with Crippen LogP contribution in [0.2, 0.25) is 0 Å². The van der Waals surface area contributed by atoms with E-state index in [-0.39, 0.29) is 11.4 Å². The van der Waals surface area contributed by atoms with Gasteiger partial charge in [-0.3, -0.25) is 9.78 Å². The molecule has 2 aromatic heterocycles. The number of anilines is 2. The van der Waals surface area contributed by atoms with Crippen LogP contribution in [0.4, 0.5) is 38.0 Å². The largest absolute Gasteiger partial charge is 0.452 e. The molecule has 0 saturated carbocycles. The average molecular weight is 395 g/mol. The molecule has 0 aliphatic carbocycles. The molecule has 1 amide bonds. The van der Waals surface area contributed by atoms with Gasteiger partial charge in [-0.1, -0.05) is 0 Å². The first kappa shape index (κ1) is 20.2. The van der Waals surface area contributed by atoms with E-state index in [1.807, 2.05) is 0 Å². The highest BCUT2D eigenvalue weighted by molar-refractivity contribution is 6.03. The van der Waals surface area contributed by atoms with E-state index < -0.39 is 43.1 Å². The van der Waals surface area contributed by atoms with Gasteiger partial charge in [0.1, 0.15) is 17.1 Å². The van der Waals surface area contributed by atoms with Crippen LogP contribution in [0.25, 0.3) is 0 Å². The van der Waals surface area contributed by atoms with E-state index in [0.29, 0.717) is 0 Å². The number of nitrogens with zero attached hydrogens (tertiary/aromatic N) is 3. The molecule has 2 N–H and O–H groups in total. The lowest BCUT2D eigenvalue weighted by molar-refractivity contribution is -0.0665. The number of amides is 1. The summed E-state index contributed by atoms with van der Waals surface area (Å²) in [7, 11) is 0. The molecule has 0 fully saturated rings. The molecule has 2 rings (SSSR count). The number of ether oxygens (including phenoxy) is 1. The minimum Gasteiger partial charge on any atom is -0.452 e. The van der Waals surface area contributed by atoms with Gasteiger partial charge in [0, 0.05) is 18.5 Å². The molecular weight excluding hydrogens is 384 g/mol.